The number of aliphatic hydroxyl groups excluding tert-OH is 2. The number of anilines is 1. The third-order valence-corrected chi connectivity index (χ3v) is 12.6. The average Bonchev–Trinajstić information content (AvgIpc) is 3.54. The van der Waals surface area contributed by atoms with E-state index in [4.69, 9.17) is 23.7 Å². The Balaban J connectivity index is 1.92. The zero-order valence-electron chi connectivity index (χ0n) is 40.1. The van der Waals surface area contributed by atoms with Crippen LogP contribution < -0.4 is 14.8 Å². The number of rotatable bonds is 13. The molecule has 5 bridgehead atoms. The van der Waals surface area contributed by atoms with E-state index >= 15 is 0 Å². The molecule has 2 aromatic rings. The van der Waals surface area contributed by atoms with Gasteiger partial charge in [-0.3, -0.25) is 24.2 Å². The van der Waals surface area contributed by atoms with Crippen LogP contribution in [0.25, 0.3) is 10.8 Å². The monoisotopic (exact) mass is 909 g/mol. The number of amides is 2. The van der Waals surface area contributed by atoms with Crippen molar-refractivity contribution in [3.63, 3.8) is 0 Å². The summed E-state index contributed by atoms with van der Waals surface area (Å²) < 4.78 is 30.1. The van der Waals surface area contributed by atoms with Crippen molar-refractivity contribution in [1.29, 1.82) is 0 Å². The number of methoxy groups -OCH3 is 1. The quantitative estimate of drug-likeness (QED) is 0.0771. The number of aliphatic hydroxyl groups is 2. The smallest absolute Gasteiger partial charge is 0.312 e. The van der Waals surface area contributed by atoms with Crippen LogP contribution in [-0.4, -0.2) is 118 Å². The Hall–Kier alpha value is -5.16. The van der Waals surface area contributed by atoms with Crippen LogP contribution in [0.15, 0.2) is 42.2 Å². The number of hydrogen-bond acceptors (Lipinski definition) is 14. The van der Waals surface area contributed by atoms with E-state index in [1.807, 2.05) is 11.9 Å². The van der Waals surface area contributed by atoms with Gasteiger partial charge in [-0.1, -0.05) is 72.6 Å². The number of phenolic OH excluding ortho intramolecular Hbond substituents is 2. The van der Waals surface area contributed by atoms with Crippen LogP contribution in [0, 0.1) is 30.6 Å². The molecule has 5 N–H and O–H groups in total. The molecule has 0 spiro atoms. The molecule has 0 fully saturated rings. The summed E-state index contributed by atoms with van der Waals surface area (Å²) in [7, 11) is 1.44. The number of ketones is 1. The van der Waals surface area contributed by atoms with Gasteiger partial charge >= 0.3 is 11.8 Å². The number of ether oxygens (including phenoxy) is 5. The number of nitrogens with one attached hydrogen (secondary N) is 1. The minimum Gasteiger partial charge on any atom is -0.507 e. The molecule has 5 rings (SSSR count). The highest BCUT2D eigenvalue weighted by Gasteiger charge is 2.50. The van der Waals surface area contributed by atoms with E-state index < -0.39 is 89.6 Å². The molecule has 9 unspecified atom stereocenters. The Kier molecular flexibility index (Phi) is 18.4. The highest BCUT2D eigenvalue weighted by atomic mass is 16.7. The zero-order chi connectivity index (χ0) is 48.5. The number of likely N-dealkylation sites (N-methyl/N-ethyl adjacent to an activating group) is 1. The zero-order valence-corrected chi connectivity index (χ0v) is 40.1. The van der Waals surface area contributed by atoms with E-state index in [9.17, 15) is 39.6 Å². The highest BCUT2D eigenvalue weighted by Crippen LogP contribution is 2.54. The van der Waals surface area contributed by atoms with Gasteiger partial charge in [-0.15, -0.1) is 0 Å². The van der Waals surface area contributed by atoms with Crippen molar-refractivity contribution >= 4 is 40.0 Å². The van der Waals surface area contributed by atoms with Crippen molar-refractivity contribution in [2.45, 2.75) is 132 Å². The lowest BCUT2D eigenvalue weighted by molar-refractivity contribution is -0.160. The van der Waals surface area contributed by atoms with Crippen molar-refractivity contribution in [1.82, 2.24) is 10.0 Å². The van der Waals surface area contributed by atoms with Crippen LogP contribution in [0.2, 0.25) is 0 Å². The third kappa shape index (κ3) is 11.6. The highest BCUT2D eigenvalue weighted by molar-refractivity contribution is 6.21. The molecule has 0 saturated heterocycles. The lowest BCUT2D eigenvalue weighted by Crippen LogP contribution is -2.49. The molecule has 3 heterocycles. The third-order valence-electron chi connectivity index (χ3n) is 12.6. The summed E-state index contributed by atoms with van der Waals surface area (Å²) in [4.78, 5) is 54.8. The number of carbonyl (C=O) groups excluding carboxylic acids is 4. The van der Waals surface area contributed by atoms with E-state index in [-0.39, 0.29) is 50.6 Å². The summed E-state index contributed by atoms with van der Waals surface area (Å²) in [6.45, 7) is 19.8. The molecule has 360 valence electrons. The first-order chi connectivity index (χ1) is 30.7. The predicted octanol–water partition coefficient (Wildman–Crippen LogP) is 7.09. The van der Waals surface area contributed by atoms with Crippen LogP contribution in [0.5, 0.6) is 23.0 Å². The fourth-order valence-corrected chi connectivity index (χ4v) is 8.53. The van der Waals surface area contributed by atoms with Crippen LogP contribution in [0.1, 0.15) is 111 Å². The van der Waals surface area contributed by atoms with Gasteiger partial charge in [0.25, 0.3) is 17.6 Å². The van der Waals surface area contributed by atoms with Crippen LogP contribution >= 0.6 is 0 Å². The number of aromatic hydroxyl groups is 2. The molecular weight excluding hydrogens is 839 g/mol. The molecule has 65 heavy (non-hydrogen) atoms. The van der Waals surface area contributed by atoms with E-state index in [0.29, 0.717) is 19.6 Å². The topological polar surface area (TPSA) is 214 Å². The van der Waals surface area contributed by atoms with Gasteiger partial charge in [0.05, 0.1) is 41.2 Å². The maximum absolute atomic E-state index is 14.7. The number of phenols is 2. The number of fused-ring (bicyclic) bond motifs is 14. The lowest BCUT2D eigenvalue weighted by Gasteiger charge is -2.38. The minimum absolute atomic E-state index is 0.0558. The van der Waals surface area contributed by atoms with Gasteiger partial charge in [0.15, 0.2) is 12.4 Å². The van der Waals surface area contributed by atoms with E-state index in [2.05, 4.69) is 19.2 Å². The van der Waals surface area contributed by atoms with Crippen molar-refractivity contribution in [3.05, 3.63) is 53.3 Å². The van der Waals surface area contributed by atoms with Crippen molar-refractivity contribution < 1.29 is 63.3 Å². The van der Waals surface area contributed by atoms with Gasteiger partial charge < -0.3 is 49.4 Å². The molecule has 0 aromatic heterocycles. The summed E-state index contributed by atoms with van der Waals surface area (Å²) in [5, 5.41) is 52.6. The molecule has 0 radical (unpaired) electrons. The molecule has 3 aliphatic rings. The number of hydrogen-bond donors (Lipinski definition) is 5. The molecule has 9 atom stereocenters. The van der Waals surface area contributed by atoms with Crippen molar-refractivity contribution in [3.8, 4) is 23.0 Å². The molecule has 2 aromatic carbocycles. The number of Topliss-reactive ketones (excluding diaryl/α,β-unsaturated/α-hetero) is 1. The second kappa shape index (κ2) is 22.8. The summed E-state index contributed by atoms with van der Waals surface area (Å²) in [5.41, 5.74) is -0.00224. The van der Waals surface area contributed by atoms with Crippen molar-refractivity contribution in [2.75, 3.05) is 38.7 Å². The number of hydrazine groups is 1. The van der Waals surface area contributed by atoms with E-state index in [1.165, 1.54) is 52.4 Å². The molecule has 16 nitrogen and oxygen atoms in total. The van der Waals surface area contributed by atoms with Gasteiger partial charge in [-0.05, 0) is 39.7 Å². The number of benzene rings is 2. The molecule has 2 amide bonds. The average molecular weight is 910 g/mol. The number of esters is 1. The summed E-state index contributed by atoms with van der Waals surface area (Å²) >= 11 is 0. The van der Waals surface area contributed by atoms with Gasteiger partial charge in [0.1, 0.15) is 23.4 Å². The van der Waals surface area contributed by atoms with Crippen LogP contribution in [0.3, 0.4) is 0 Å². The van der Waals surface area contributed by atoms with Gasteiger partial charge in [-0.25, -0.2) is 5.01 Å². The van der Waals surface area contributed by atoms with Crippen LogP contribution in [-0.2, 0) is 28.6 Å². The standard InChI is InChI=1S/C49H71N3O13/c1-13-16-22-51(23-17-14-2)52(15-3)37(54)26-62-36-25-34-44(58)39-38(36)40-46(32(9)43(39)57)65-49(11,47(40)59)63-24-21-35(61-12)29(6)45(64-33(10)53)31(8)42(56)30(7)41(55)27(4)19-18-20-28(5)48(60)50-34/h18-21,24-25,27,29-31,35,41-42,45,55-58H,13-17,22-23,26H2,1-12H3,(H,50,60)/b19-18+,24-21+,28-20?. The molecule has 3 aliphatic heterocycles. The molecule has 0 aliphatic carbocycles. The second-order valence-electron chi connectivity index (χ2n) is 17.5. The largest absolute Gasteiger partial charge is 0.507 e. The number of carbonyl (C=O) groups is 4. The van der Waals surface area contributed by atoms with Gasteiger partial charge in [-0.2, -0.15) is 0 Å². The molecule has 16 heteroatoms. The second-order valence-corrected chi connectivity index (χ2v) is 17.5. The van der Waals surface area contributed by atoms with E-state index in [1.54, 1.807) is 51.8 Å². The SMILES string of the molecule is CCCCN(CCCC)N(CC)C(=O)COc1cc2c(O)c3c(O)c(C)c4c(c13)C(=O)C(C)(O/C=C/C(OC)C(C)C(OC(C)=O)C(C)C(O)C(C)C(O)C(C)/C=C/C=C(C)C(=O)N2)O4. The normalized spacial score (nSPS) is 27.5. The minimum atomic E-state index is -2.04. The first-order valence-corrected chi connectivity index (χ1v) is 22.7. The number of allylic oxidation sites excluding steroid dienone is 2. The Morgan fingerprint density at radius 1 is 0.908 bits per heavy atom. The fraction of sp³-hybridized carbons (Fsp3) is 0.592. The first kappa shape index (κ1) is 52.5. The maximum atomic E-state index is 14.7. The van der Waals surface area contributed by atoms with Crippen LogP contribution in [0.4, 0.5) is 5.69 Å². The van der Waals surface area contributed by atoms with E-state index in [0.717, 1.165) is 25.7 Å². The maximum Gasteiger partial charge on any atom is 0.312 e. The lowest BCUT2D eigenvalue weighted by atomic mass is 9.78. The summed E-state index contributed by atoms with van der Waals surface area (Å²) in [6, 6.07) is 1.29. The Morgan fingerprint density at radius 2 is 1.55 bits per heavy atom. The van der Waals surface area contributed by atoms with Gasteiger partial charge in [0, 0.05) is 86.9 Å². The van der Waals surface area contributed by atoms with Gasteiger partial charge in [0.2, 0.25) is 0 Å². The van der Waals surface area contributed by atoms with Crippen molar-refractivity contribution in [2.24, 2.45) is 23.7 Å². The Bertz CT molecular complexity index is 2130. The molecule has 0 saturated carbocycles. The predicted molar refractivity (Wildman–Crippen MR) is 246 cm³/mol. The summed E-state index contributed by atoms with van der Waals surface area (Å²) in [5.74, 6) is -8.05. The molecular formula is C49H71N3O13. The number of nitrogens with zero attached hydrogens (tertiary/aromatic N) is 2. The first-order valence-electron chi connectivity index (χ1n) is 22.7. The fourth-order valence-electron chi connectivity index (χ4n) is 8.53. The summed E-state index contributed by atoms with van der Waals surface area (Å²) in [6.07, 6.45) is 7.23. The Morgan fingerprint density at radius 3 is 2.14 bits per heavy atom. The Labute approximate surface area is 383 Å². The number of unbranched alkanes of at least 4 members (excludes halogenated alkanes) is 2.